The van der Waals surface area contributed by atoms with Gasteiger partial charge in [-0.05, 0) is 30.7 Å². The number of hydrogen-bond acceptors (Lipinski definition) is 2. The van der Waals surface area contributed by atoms with Gasteiger partial charge in [-0.1, -0.05) is 13.8 Å². The van der Waals surface area contributed by atoms with Crippen LogP contribution in [-0.4, -0.2) is 15.0 Å². The highest BCUT2D eigenvalue weighted by Gasteiger charge is 2.02. The van der Waals surface area contributed by atoms with E-state index in [9.17, 15) is 4.39 Å². The van der Waals surface area contributed by atoms with Gasteiger partial charge in [0.05, 0.1) is 18.1 Å². The average Bonchev–Trinajstić information content (AvgIpc) is 2.74. The van der Waals surface area contributed by atoms with Crippen LogP contribution in [0.4, 0.5) is 4.39 Å². The smallest absolute Gasteiger partial charge is 0.123 e. The van der Waals surface area contributed by atoms with Crippen molar-refractivity contribution in [1.82, 2.24) is 15.0 Å². The molecule has 0 aliphatic heterocycles. The quantitative estimate of drug-likeness (QED) is 0.719. The lowest BCUT2D eigenvalue weighted by molar-refractivity contribution is 0.624. The summed E-state index contributed by atoms with van der Waals surface area (Å²) in [5, 5.41) is 7.92. The lowest BCUT2D eigenvalue weighted by atomic mass is 10.2. The number of benzene rings is 1. The van der Waals surface area contributed by atoms with Gasteiger partial charge in [-0.3, -0.25) is 0 Å². The number of nitrogens with zero attached hydrogens (tertiary/aromatic N) is 3. The minimum atomic E-state index is -0.242. The van der Waals surface area contributed by atoms with Crippen molar-refractivity contribution >= 4 is 0 Å². The van der Waals surface area contributed by atoms with Crippen LogP contribution in [0, 0.1) is 12.7 Å². The maximum absolute atomic E-state index is 12.7. The highest BCUT2D eigenvalue weighted by Crippen LogP contribution is 2.12. The molecule has 0 aliphatic rings. The van der Waals surface area contributed by atoms with Gasteiger partial charge in [0.15, 0.2) is 0 Å². The van der Waals surface area contributed by atoms with Crippen molar-refractivity contribution in [3.05, 3.63) is 42.0 Å². The second kappa shape index (κ2) is 5.24. The molecule has 2 aromatic rings. The standard InChI is InChI=1S/C9H8FN3.C2H6/c1-7-6-8(10)2-3-9(7)13-11-4-5-12-13;1-2/h2-6H,1H3;1-2H3. The summed E-state index contributed by atoms with van der Waals surface area (Å²) in [5.74, 6) is -0.242. The molecule has 0 N–H and O–H groups in total. The maximum Gasteiger partial charge on any atom is 0.123 e. The van der Waals surface area contributed by atoms with Crippen molar-refractivity contribution in [3.63, 3.8) is 0 Å². The van der Waals surface area contributed by atoms with Gasteiger partial charge in [0, 0.05) is 0 Å². The first-order valence-corrected chi connectivity index (χ1v) is 4.90. The van der Waals surface area contributed by atoms with Crippen LogP contribution < -0.4 is 0 Å². The Morgan fingerprint density at radius 2 is 1.73 bits per heavy atom. The van der Waals surface area contributed by atoms with Crippen molar-refractivity contribution in [2.45, 2.75) is 20.8 Å². The molecule has 1 heterocycles. The second-order valence-corrected chi connectivity index (χ2v) is 2.75. The van der Waals surface area contributed by atoms with Crippen LogP contribution >= 0.6 is 0 Å². The van der Waals surface area contributed by atoms with Crippen LogP contribution in [0.5, 0.6) is 0 Å². The highest BCUT2D eigenvalue weighted by molar-refractivity contribution is 5.38. The van der Waals surface area contributed by atoms with Crippen molar-refractivity contribution in [1.29, 1.82) is 0 Å². The fourth-order valence-corrected chi connectivity index (χ4v) is 1.18. The molecule has 0 atom stereocenters. The van der Waals surface area contributed by atoms with Gasteiger partial charge in [-0.15, -0.1) is 0 Å². The van der Waals surface area contributed by atoms with Crippen LogP contribution in [0.3, 0.4) is 0 Å². The summed E-state index contributed by atoms with van der Waals surface area (Å²) >= 11 is 0. The van der Waals surface area contributed by atoms with Crippen molar-refractivity contribution in [2.75, 3.05) is 0 Å². The minimum Gasteiger partial charge on any atom is -0.207 e. The zero-order valence-electron chi connectivity index (χ0n) is 9.11. The first kappa shape index (κ1) is 11.4. The molecule has 0 spiro atoms. The van der Waals surface area contributed by atoms with E-state index in [1.807, 2.05) is 20.8 Å². The Hall–Kier alpha value is -1.71. The molecule has 80 valence electrons. The molecule has 3 nitrogen and oxygen atoms in total. The van der Waals surface area contributed by atoms with E-state index in [2.05, 4.69) is 10.2 Å². The molecule has 0 fully saturated rings. The molecule has 2 rings (SSSR count). The number of rotatable bonds is 1. The van der Waals surface area contributed by atoms with E-state index >= 15 is 0 Å². The third-order valence-electron chi connectivity index (χ3n) is 1.79. The molecule has 0 saturated heterocycles. The summed E-state index contributed by atoms with van der Waals surface area (Å²) in [7, 11) is 0. The topological polar surface area (TPSA) is 30.7 Å². The zero-order valence-corrected chi connectivity index (χ0v) is 9.11. The highest BCUT2D eigenvalue weighted by atomic mass is 19.1. The van der Waals surface area contributed by atoms with Gasteiger partial charge in [-0.25, -0.2) is 4.39 Å². The van der Waals surface area contributed by atoms with E-state index in [0.29, 0.717) is 0 Å². The Bertz CT molecular complexity index is 410. The fourth-order valence-electron chi connectivity index (χ4n) is 1.18. The SMILES string of the molecule is CC.Cc1cc(F)ccc1-n1nccn1. The summed E-state index contributed by atoms with van der Waals surface area (Å²) < 4.78 is 12.7. The van der Waals surface area contributed by atoms with E-state index in [0.717, 1.165) is 11.3 Å². The molecule has 15 heavy (non-hydrogen) atoms. The van der Waals surface area contributed by atoms with Crippen LogP contribution in [0.15, 0.2) is 30.6 Å². The molecule has 0 bridgehead atoms. The summed E-state index contributed by atoms with van der Waals surface area (Å²) in [6.07, 6.45) is 3.17. The molecule has 0 aliphatic carbocycles. The normalized spacial score (nSPS) is 9.33. The second-order valence-electron chi connectivity index (χ2n) is 2.75. The van der Waals surface area contributed by atoms with Gasteiger partial charge in [0.25, 0.3) is 0 Å². The van der Waals surface area contributed by atoms with Crippen molar-refractivity contribution in [3.8, 4) is 5.69 Å². The van der Waals surface area contributed by atoms with E-state index in [1.165, 1.54) is 16.9 Å². The predicted octanol–water partition coefficient (Wildman–Crippen LogP) is 2.74. The Morgan fingerprint density at radius 3 is 2.27 bits per heavy atom. The third kappa shape index (κ3) is 2.62. The first-order chi connectivity index (χ1) is 7.27. The largest absolute Gasteiger partial charge is 0.207 e. The van der Waals surface area contributed by atoms with E-state index < -0.39 is 0 Å². The van der Waals surface area contributed by atoms with Crippen molar-refractivity contribution < 1.29 is 4.39 Å². The number of halogens is 1. The van der Waals surface area contributed by atoms with Crippen LogP contribution in [0.2, 0.25) is 0 Å². The van der Waals surface area contributed by atoms with Gasteiger partial charge < -0.3 is 0 Å². The summed E-state index contributed by atoms with van der Waals surface area (Å²) in [6.45, 7) is 5.82. The molecular weight excluding hydrogens is 193 g/mol. The fraction of sp³-hybridized carbons (Fsp3) is 0.273. The first-order valence-electron chi connectivity index (χ1n) is 4.90. The number of hydrogen-bond donors (Lipinski definition) is 0. The van der Waals surface area contributed by atoms with Crippen LogP contribution in [0.25, 0.3) is 5.69 Å². The number of aromatic nitrogens is 3. The van der Waals surface area contributed by atoms with E-state index in [-0.39, 0.29) is 5.82 Å². The van der Waals surface area contributed by atoms with Crippen LogP contribution in [-0.2, 0) is 0 Å². The molecule has 0 saturated carbocycles. The van der Waals surface area contributed by atoms with Gasteiger partial charge in [0.1, 0.15) is 5.82 Å². The lowest BCUT2D eigenvalue weighted by Gasteiger charge is -2.02. The summed E-state index contributed by atoms with van der Waals surface area (Å²) in [6, 6.07) is 4.51. The third-order valence-corrected chi connectivity index (χ3v) is 1.79. The Kier molecular flexibility index (Phi) is 3.97. The van der Waals surface area contributed by atoms with E-state index in [4.69, 9.17) is 0 Å². The minimum absolute atomic E-state index is 0.242. The molecule has 1 aromatic carbocycles. The molecule has 0 amide bonds. The van der Waals surface area contributed by atoms with Gasteiger partial charge in [-0.2, -0.15) is 15.0 Å². The molecule has 1 aromatic heterocycles. The Morgan fingerprint density at radius 1 is 1.13 bits per heavy atom. The Balaban J connectivity index is 0.000000531. The predicted molar refractivity (Wildman–Crippen MR) is 57.4 cm³/mol. The van der Waals surface area contributed by atoms with Crippen molar-refractivity contribution in [2.24, 2.45) is 0 Å². The zero-order chi connectivity index (χ0) is 11.3. The Labute approximate surface area is 88.6 Å². The van der Waals surface area contributed by atoms with Gasteiger partial charge >= 0.3 is 0 Å². The lowest BCUT2D eigenvalue weighted by Crippen LogP contribution is -2.00. The average molecular weight is 207 g/mol. The monoisotopic (exact) mass is 207 g/mol. The van der Waals surface area contributed by atoms with Gasteiger partial charge in [0.2, 0.25) is 0 Å². The number of aryl methyl sites for hydroxylation is 1. The van der Waals surface area contributed by atoms with Crippen LogP contribution in [0.1, 0.15) is 19.4 Å². The molecular formula is C11H14FN3. The molecule has 0 radical (unpaired) electrons. The maximum atomic E-state index is 12.7. The summed E-state index contributed by atoms with van der Waals surface area (Å²) in [4.78, 5) is 1.47. The molecule has 0 unspecified atom stereocenters. The molecule has 4 heteroatoms. The summed E-state index contributed by atoms with van der Waals surface area (Å²) in [5.41, 5.74) is 1.61. The van der Waals surface area contributed by atoms with E-state index in [1.54, 1.807) is 18.5 Å².